The van der Waals surface area contributed by atoms with E-state index in [0.717, 1.165) is 23.4 Å². The van der Waals surface area contributed by atoms with Crippen molar-refractivity contribution in [2.75, 3.05) is 5.32 Å². The van der Waals surface area contributed by atoms with Gasteiger partial charge in [0.25, 0.3) is 5.69 Å². The highest BCUT2D eigenvalue weighted by molar-refractivity contribution is 6.30. The lowest BCUT2D eigenvalue weighted by molar-refractivity contribution is -0.384. The van der Waals surface area contributed by atoms with Gasteiger partial charge < -0.3 is 5.32 Å². The number of nitro groups is 1. The first-order chi connectivity index (χ1) is 10.0. The Hall–Kier alpha value is -2.07. The fraction of sp³-hybridized carbons (Fsp3) is 0.250. The number of nitrogens with zero attached hydrogens (tertiary/aromatic N) is 1. The van der Waals surface area contributed by atoms with Crippen molar-refractivity contribution in [3.8, 4) is 0 Å². The van der Waals surface area contributed by atoms with Crippen LogP contribution in [0, 0.1) is 17.0 Å². The summed E-state index contributed by atoms with van der Waals surface area (Å²) in [5, 5.41) is 15.2. The summed E-state index contributed by atoms with van der Waals surface area (Å²) in [6.07, 6.45) is 1.86. The zero-order valence-corrected chi connectivity index (χ0v) is 12.4. The Kier molecular flexibility index (Phi) is 3.55. The van der Waals surface area contributed by atoms with Crippen LogP contribution in [0.4, 0.5) is 11.4 Å². The molecule has 0 fully saturated rings. The molecule has 1 N–H and O–H groups in total. The number of halogens is 1. The van der Waals surface area contributed by atoms with Crippen molar-refractivity contribution < 1.29 is 4.92 Å². The molecule has 2 aromatic carbocycles. The highest BCUT2D eigenvalue weighted by Crippen LogP contribution is 2.37. The van der Waals surface area contributed by atoms with Crippen LogP contribution in [0.2, 0.25) is 5.02 Å². The van der Waals surface area contributed by atoms with Gasteiger partial charge in [0.05, 0.1) is 11.0 Å². The average molecular weight is 303 g/mol. The van der Waals surface area contributed by atoms with Crippen LogP contribution >= 0.6 is 11.6 Å². The van der Waals surface area contributed by atoms with Crippen molar-refractivity contribution in [3.63, 3.8) is 0 Å². The third-order valence-electron chi connectivity index (χ3n) is 3.86. The number of anilines is 1. The lowest BCUT2D eigenvalue weighted by Crippen LogP contribution is -2.09. The molecule has 0 aromatic heterocycles. The Labute approximate surface area is 127 Å². The summed E-state index contributed by atoms with van der Waals surface area (Å²) in [4.78, 5) is 10.8. The average Bonchev–Trinajstić information content (AvgIpc) is 2.81. The number of fused-ring (bicyclic) bond motifs is 1. The minimum Gasteiger partial charge on any atom is -0.373 e. The molecule has 0 bridgehead atoms. The molecule has 0 saturated heterocycles. The molecule has 21 heavy (non-hydrogen) atoms. The number of nitrogens with one attached hydrogen (secondary N) is 1. The predicted molar refractivity (Wildman–Crippen MR) is 84.0 cm³/mol. The van der Waals surface area contributed by atoms with Gasteiger partial charge in [0, 0.05) is 11.1 Å². The summed E-state index contributed by atoms with van der Waals surface area (Å²) < 4.78 is 0. The van der Waals surface area contributed by atoms with Gasteiger partial charge in [-0.2, -0.15) is 0 Å². The standard InChI is InChI=1S/C16H15ClN2O2/c1-10-2-7-16(19(20)21)15(8-10)18-14-6-3-11-9-12(17)4-5-13(11)14/h2,4-5,7-9,14,18H,3,6H2,1H3. The zero-order valence-electron chi connectivity index (χ0n) is 11.6. The third-order valence-corrected chi connectivity index (χ3v) is 4.10. The lowest BCUT2D eigenvalue weighted by atomic mass is 10.1. The van der Waals surface area contributed by atoms with Crippen molar-refractivity contribution in [3.05, 3.63) is 68.2 Å². The van der Waals surface area contributed by atoms with Gasteiger partial charge in [0.15, 0.2) is 0 Å². The largest absolute Gasteiger partial charge is 0.373 e. The van der Waals surface area contributed by atoms with Crippen LogP contribution in [0.3, 0.4) is 0 Å². The number of rotatable bonds is 3. The molecule has 108 valence electrons. The van der Waals surface area contributed by atoms with E-state index in [9.17, 15) is 10.1 Å². The van der Waals surface area contributed by atoms with Crippen LogP contribution in [0.1, 0.15) is 29.2 Å². The first-order valence-electron chi connectivity index (χ1n) is 6.84. The summed E-state index contributed by atoms with van der Waals surface area (Å²) >= 11 is 6.01. The number of benzene rings is 2. The molecule has 0 aliphatic heterocycles. The molecule has 1 aliphatic carbocycles. The molecule has 5 heteroatoms. The number of hydrogen-bond donors (Lipinski definition) is 1. The van der Waals surface area contributed by atoms with Gasteiger partial charge in [-0.25, -0.2) is 0 Å². The summed E-state index contributed by atoms with van der Waals surface area (Å²) in [6, 6.07) is 11.1. The number of nitro benzene ring substituents is 1. The molecule has 0 heterocycles. The first kappa shape index (κ1) is 13.9. The summed E-state index contributed by atoms with van der Waals surface area (Å²) in [6.45, 7) is 1.93. The molecule has 2 aromatic rings. The molecule has 0 saturated carbocycles. The van der Waals surface area contributed by atoms with Gasteiger partial charge in [0.2, 0.25) is 0 Å². The maximum atomic E-state index is 11.1. The van der Waals surface area contributed by atoms with Gasteiger partial charge in [-0.15, -0.1) is 0 Å². The summed E-state index contributed by atoms with van der Waals surface area (Å²) in [5.41, 5.74) is 4.08. The second kappa shape index (κ2) is 5.37. The van der Waals surface area contributed by atoms with E-state index in [4.69, 9.17) is 11.6 Å². The Morgan fingerprint density at radius 2 is 2.10 bits per heavy atom. The van der Waals surface area contributed by atoms with E-state index in [2.05, 4.69) is 5.32 Å². The molecule has 0 amide bonds. The molecule has 0 radical (unpaired) electrons. The van der Waals surface area contributed by atoms with E-state index in [1.165, 1.54) is 11.1 Å². The van der Waals surface area contributed by atoms with Crippen LogP contribution in [0.25, 0.3) is 0 Å². The zero-order chi connectivity index (χ0) is 15.0. The number of hydrogen-bond acceptors (Lipinski definition) is 3. The fourth-order valence-electron chi connectivity index (χ4n) is 2.85. The predicted octanol–water partition coefficient (Wildman–Crippen LogP) is 4.66. The van der Waals surface area contributed by atoms with E-state index in [-0.39, 0.29) is 16.7 Å². The minimum absolute atomic E-state index is 0.0952. The van der Waals surface area contributed by atoms with Gasteiger partial charge in [-0.3, -0.25) is 10.1 Å². The van der Waals surface area contributed by atoms with Crippen molar-refractivity contribution in [1.82, 2.24) is 0 Å². The van der Waals surface area contributed by atoms with Gasteiger partial charge >= 0.3 is 0 Å². The third kappa shape index (κ3) is 2.72. The lowest BCUT2D eigenvalue weighted by Gasteiger charge is -2.16. The molecule has 3 rings (SSSR count). The van der Waals surface area contributed by atoms with E-state index in [0.29, 0.717) is 5.69 Å². The molecule has 1 unspecified atom stereocenters. The smallest absolute Gasteiger partial charge is 0.292 e. The second-order valence-electron chi connectivity index (χ2n) is 5.36. The topological polar surface area (TPSA) is 55.2 Å². The normalized spacial score (nSPS) is 16.6. The van der Waals surface area contributed by atoms with E-state index < -0.39 is 0 Å². The Morgan fingerprint density at radius 3 is 2.86 bits per heavy atom. The van der Waals surface area contributed by atoms with Crippen molar-refractivity contribution in [1.29, 1.82) is 0 Å². The fourth-order valence-corrected chi connectivity index (χ4v) is 3.04. The van der Waals surface area contributed by atoms with E-state index in [1.54, 1.807) is 12.1 Å². The first-order valence-corrected chi connectivity index (χ1v) is 7.22. The van der Waals surface area contributed by atoms with Crippen LogP contribution in [0.5, 0.6) is 0 Å². The molecular weight excluding hydrogens is 288 g/mol. The second-order valence-corrected chi connectivity index (χ2v) is 5.79. The van der Waals surface area contributed by atoms with Crippen LogP contribution in [0.15, 0.2) is 36.4 Å². The number of aryl methyl sites for hydroxylation is 2. The molecule has 1 aliphatic rings. The van der Waals surface area contributed by atoms with Crippen LogP contribution in [-0.4, -0.2) is 4.92 Å². The Morgan fingerprint density at radius 1 is 1.29 bits per heavy atom. The molecule has 0 spiro atoms. The van der Waals surface area contributed by atoms with Gasteiger partial charge in [-0.05, 0) is 54.7 Å². The maximum absolute atomic E-state index is 11.1. The van der Waals surface area contributed by atoms with Crippen LogP contribution in [-0.2, 0) is 6.42 Å². The van der Waals surface area contributed by atoms with E-state index >= 15 is 0 Å². The van der Waals surface area contributed by atoms with Crippen molar-refractivity contribution in [2.24, 2.45) is 0 Å². The van der Waals surface area contributed by atoms with Crippen molar-refractivity contribution >= 4 is 23.0 Å². The highest BCUT2D eigenvalue weighted by Gasteiger charge is 2.25. The van der Waals surface area contributed by atoms with Crippen molar-refractivity contribution in [2.45, 2.75) is 25.8 Å². The quantitative estimate of drug-likeness (QED) is 0.663. The highest BCUT2D eigenvalue weighted by atomic mass is 35.5. The maximum Gasteiger partial charge on any atom is 0.292 e. The summed E-state index contributed by atoms with van der Waals surface area (Å²) in [7, 11) is 0. The Balaban J connectivity index is 1.93. The molecular formula is C16H15ClN2O2. The van der Waals surface area contributed by atoms with Gasteiger partial charge in [-0.1, -0.05) is 23.7 Å². The monoisotopic (exact) mass is 302 g/mol. The van der Waals surface area contributed by atoms with E-state index in [1.807, 2.05) is 31.2 Å². The van der Waals surface area contributed by atoms with Gasteiger partial charge in [0.1, 0.15) is 5.69 Å². The minimum atomic E-state index is -0.348. The SMILES string of the molecule is Cc1ccc([N+](=O)[O-])c(NC2CCc3cc(Cl)ccc32)c1. The Bertz CT molecular complexity index is 715. The molecule has 4 nitrogen and oxygen atoms in total. The summed E-state index contributed by atoms with van der Waals surface area (Å²) in [5.74, 6) is 0. The van der Waals surface area contributed by atoms with Crippen LogP contribution < -0.4 is 5.32 Å². The molecule has 1 atom stereocenters.